The van der Waals surface area contributed by atoms with E-state index in [4.69, 9.17) is 9.52 Å². The maximum atomic E-state index is 9.97. The first kappa shape index (κ1) is 6.60. The number of nitrogens with one attached hydrogen (secondary N) is 1. The Morgan fingerprint density at radius 1 is 1.90 bits per heavy atom. The SMILES string of the molecule is O=C(O)CNc1cnco1. The summed E-state index contributed by atoms with van der Waals surface area (Å²) in [5.74, 6) is -0.571. The monoisotopic (exact) mass is 142 g/mol. The molecule has 5 nitrogen and oxygen atoms in total. The molecule has 0 unspecified atom stereocenters. The Morgan fingerprint density at radius 2 is 2.70 bits per heavy atom. The third-order valence-corrected chi connectivity index (χ3v) is 0.846. The minimum Gasteiger partial charge on any atom is -0.480 e. The van der Waals surface area contributed by atoms with Gasteiger partial charge >= 0.3 is 5.97 Å². The number of carbonyl (C=O) groups is 1. The molecule has 0 aromatic carbocycles. The smallest absolute Gasteiger partial charge is 0.322 e. The molecule has 2 N–H and O–H groups in total. The second-order valence-electron chi connectivity index (χ2n) is 1.61. The summed E-state index contributed by atoms with van der Waals surface area (Å²) in [7, 11) is 0. The zero-order chi connectivity index (χ0) is 7.40. The van der Waals surface area contributed by atoms with Crippen molar-refractivity contribution in [2.75, 3.05) is 11.9 Å². The molecule has 5 heteroatoms. The largest absolute Gasteiger partial charge is 0.480 e. The lowest BCUT2D eigenvalue weighted by molar-refractivity contribution is -0.134. The van der Waals surface area contributed by atoms with Gasteiger partial charge in [0.2, 0.25) is 5.88 Å². The molecule has 0 saturated carbocycles. The van der Waals surface area contributed by atoms with Gasteiger partial charge in [-0.25, -0.2) is 4.98 Å². The van der Waals surface area contributed by atoms with Crippen LogP contribution in [0.25, 0.3) is 0 Å². The van der Waals surface area contributed by atoms with E-state index in [1.54, 1.807) is 0 Å². The van der Waals surface area contributed by atoms with Crippen molar-refractivity contribution < 1.29 is 14.3 Å². The molecular weight excluding hydrogens is 136 g/mol. The highest BCUT2D eigenvalue weighted by Gasteiger charge is 1.97. The van der Waals surface area contributed by atoms with E-state index in [1.165, 1.54) is 12.6 Å². The van der Waals surface area contributed by atoms with Crippen molar-refractivity contribution in [3.8, 4) is 0 Å². The molecule has 0 fully saturated rings. The minimum absolute atomic E-state index is 0.158. The summed E-state index contributed by atoms with van der Waals surface area (Å²) in [6.07, 6.45) is 2.63. The summed E-state index contributed by atoms with van der Waals surface area (Å²) < 4.78 is 4.70. The fraction of sp³-hybridized carbons (Fsp3) is 0.200. The van der Waals surface area contributed by atoms with E-state index in [2.05, 4.69) is 10.3 Å². The summed E-state index contributed by atoms with van der Waals surface area (Å²) in [6.45, 7) is -0.158. The number of carboxylic acid groups (broad SMARTS) is 1. The van der Waals surface area contributed by atoms with Gasteiger partial charge in [0.15, 0.2) is 6.39 Å². The van der Waals surface area contributed by atoms with Crippen LogP contribution in [0.15, 0.2) is 17.0 Å². The molecule has 54 valence electrons. The van der Waals surface area contributed by atoms with E-state index in [0.717, 1.165) is 0 Å². The van der Waals surface area contributed by atoms with Crippen LogP contribution in [-0.4, -0.2) is 22.6 Å². The molecule has 1 rings (SSSR count). The van der Waals surface area contributed by atoms with Gasteiger partial charge in [-0.3, -0.25) is 4.79 Å². The van der Waals surface area contributed by atoms with E-state index in [1.807, 2.05) is 0 Å². The van der Waals surface area contributed by atoms with Gasteiger partial charge in [-0.2, -0.15) is 0 Å². The van der Waals surface area contributed by atoms with Gasteiger partial charge in [-0.05, 0) is 0 Å². The third-order valence-electron chi connectivity index (χ3n) is 0.846. The van der Waals surface area contributed by atoms with Crippen molar-refractivity contribution in [2.24, 2.45) is 0 Å². The molecule has 0 spiro atoms. The molecule has 1 aromatic rings. The molecule has 0 bridgehead atoms. The first-order valence-corrected chi connectivity index (χ1v) is 2.63. The highest BCUT2D eigenvalue weighted by Crippen LogP contribution is 2.01. The molecule has 0 aliphatic heterocycles. The fourth-order valence-corrected chi connectivity index (χ4v) is 0.466. The molecular formula is C5H6N2O3. The molecule has 0 radical (unpaired) electrons. The number of carboxylic acids is 1. The molecule has 10 heavy (non-hydrogen) atoms. The zero-order valence-corrected chi connectivity index (χ0v) is 5.07. The summed E-state index contributed by atoms with van der Waals surface area (Å²) in [5.41, 5.74) is 0. The lowest BCUT2D eigenvalue weighted by Gasteiger charge is -1.93. The number of oxazole rings is 1. The standard InChI is InChI=1S/C5H6N2O3/c8-5(9)2-7-4-1-6-3-10-4/h1,3,7H,2H2,(H,8,9). The van der Waals surface area contributed by atoms with Gasteiger partial charge in [-0.15, -0.1) is 0 Å². The van der Waals surface area contributed by atoms with Crippen LogP contribution in [0, 0.1) is 0 Å². The summed E-state index contributed by atoms with van der Waals surface area (Å²) >= 11 is 0. The molecule has 0 amide bonds. The minimum atomic E-state index is -0.934. The predicted octanol–water partition coefficient (Wildman–Crippen LogP) is 0.171. The van der Waals surface area contributed by atoms with Crippen LogP contribution >= 0.6 is 0 Å². The number of hydrogen-bond donors (Lipinski definition) is 2. The van der Waals surface area contributed by atoms with Crippen molar-refractivity contribution in [3.05, 3.63) is 12.6 Å². The van der Waals surface area contributed by atoms with Gasteiger partial charge in [0, 0.05) is 0 Å². The Bertz CT molecular complexity index is 207. The Labute approximate surface area is 56.7 Å². The quantitative estimate of drug-likeness (QED) is 0.629. The number of nitrogens with zero attached hydrogens (tertiary/aromatic N) is 1. The summed E-state index contributed by atoms with van der Waals surface area (Å²) in [6, 6.07) is 0. The Kier molecular flexibility index (Phi) is 1.89. The Hall–Kier alpha value is -1.52. The number of rotatable bonds is 3. The fourth-order valence-electron chi connectivity index (χ4n) is 0.466. The predicted molar refractivity (Wildman–Crippen MR) is 32.6 cm³/mol. The number of hydrogen-bond acceptors (Lipinski definition) is 4. The van der Waals surface area contributed by atoms with E-state index in [-0.39, 0.29) is 6.54 Å². The normalized spacial score (nSPS) is 9.20. The van der Waals surface area contributed by atoms with Gasteiger partial charge < -0.3 is 14.8 Å². The molecule has 1 aromatic heterocycles. The van der Waals surface area contributed by atoms with Gasteiger partial charge in [0.05, 0.1) is 6.20 Å². The van der Waals surface area contributed by atoms with Crippen LogP contribution in [0.4, 0.5) is 5.88 Å². The van der Waals surface area contributed by atoms with Crippen molar-refractivity contribution in [2.45, 2.75) is 0 Å². The average Bonchev–Trinajstić information content (AvgIpc) is 2.34. The first-order valence-electron chi connectivity index (χ1n) is 2.63. The van der Waals surface area contributed by atoms with Gasteiger partial charge in [0.1, 0.15) is 6.54 Å². The van der Waals surface area contributed by atoms with Crippen LogP contribution in [0.3, 0.4) is 0 Å². The van der Waals surface area contributed by atoms with Crippen LogP contribution in [0.5, 0.6) is 0 Å². The molecule has 0 aliphatic rings. The number of aromatic nitrogens is 1. The van der Waals surface area contributed by atoms with E-state index >= 15 is 0 Å². The van der Waals surface area contributed by atoms with Crippen LogP contribution < -0.4 is 5.32 Å². The molecule has 0 aliphatic carbocycles. The first-order chi connectivity index (χ1) is 4.79. The molecule has 0 saturated heterocycles. The zero-order valence-electron chi connectivity index (χ0n) is 5.07. The summed E-state index contributed by atoms with van der Waals surface area (Å²) in [4.78, 5) is 13.5. The van der Waals surface area contributed by atoms with Gasteiger partial charge in [-0.1, -0.05) is 0 Å². The number of aliphatic carboxylic acids is 1. The highest BCUT2D eigenvalue weighted by molar-refractivity contribution is 5.71. The Balaban J connectivity index is 2.35. The van der Waals surface area contributed by atoms with Crippen molar-refractivity contribution in [3.63, 3.8) is 0 Å². The number of anilines is 1. The van der Waals surface area contributed by atoms with Crippen molar-refractivity contribution >= 4 is 11.9 Å². The third kappa shape index (κ3) is 1.77. The van der Waals surface area contributed by atoms with Crippen LogP contribution in [0.1, 0.15) is 0 Å². The Morgan fingerprint density at radius 3 is 3.20 bits per heavy atom. The van der Waals surface area contributed by atoms with E-state index < -0.39 is 5.97 Å². The topological polar surface area (TPSA) is 75.4 Å². The van der Waals surface area contributed by atoms with Crippen molar-refractivity contribution in [1.82, 2.24) is 4.98 Å². The maximum absolute atomic E-state index is 9.97. The van der Waals surface area contributed by atoms with Crippen LogP contribution in [-0.2, 0) is 4.79 Å². The second-order valence-corrected chi connectivity index (χ2v) is 1.61. The van der Waals surface area contributed by atoms with Crippen molar-refractivity contribution in [1.29, 1.82) is 0 Å². The maximum Gasteiger partial charge on any atom is 0.322 e. The average molecular weight is 142 g/mol. The molecule has 0 atom stereocenters. The summed E-state index contributed by atoms with van der Waals surface area (Å²) in [5, 5.41) is 10.7. The lowest BCUT2D eigenvalue weighted by Crippen LogP contribution is -2.11. The van der Waals surface area contributed by atoms with E-state index in [9.17, 15) is 4.79 Å². The highest BCUT2D eigenvalue weighted by atomic mass is 16.4. The van der Waals surface area contributed by atoms with Crippen LogP contribution in [0.2, 0.25) is 0 Å². The lowest BCUT2D eigenvalue weighted by atomic mass is 10.6. The second kappa shape index (κ2) is 2.86. The van der Waals surface area contributed by atoms with Gasteiger partial charge in [0.25, 0.3) is 0 Å². The van der Waals surface area contributed by atoms with E-state index in [0.29, 0.717) is 5.88 Å². The molecule has 1 heterocycles.